The largest absolute Gasteiger partial charge is 0.147 e. The van der Waals surface area contributed by atoms with E-state index in [0.717, 1.165) is 39.6 Å². The first-order valence-electron chi connectivity index (χ1n) is 10.3. The maximum atomic E-state index is 6.29. The van der Waals surface area contributed by atoms with Gasteiger partial charge in [0.25, 0.3) is 0 Å². The molecule has 5 heteroatoms. The number of pyridine rings is 1. The zero-order valence-electron chi connectivity index (χ0n) is 17.1. The van der Waals surface area contributed by atoms with E-state index in [-0.39, 0.29) is 12.4 Å². The van der Waals surface area contributed by atoms with E-state index in [1.54, 1.807) is 0 Å². The number of rotatable bonds is 5. The average Bonchev–Trinajstić information content (AvgIpc) is 2.75. The smallest absolute Gasteiger partial charge is 0.147 e. The molecule has 0 spiro atoms. The van der Waals surface area contributed by atoms with Crippen molar-refractivity contribution in [2.45, 2.75) is 41.8 Å². The maximum absolute atomic E-state index is 6.29. The van der Waals surface area contributed by atoms with Crippen molar-refractivity contribution in [2.24, 2.45) is 0 Å². The molecule has 0 bridgehead atoms. The van der Waals surface area contributed by atoms with Gasteiger partial charge in [-0.3, -0.25) is 0 Å². The molecule has 0 aliphatic carbocycles. The molecular weight excluding hydrogens is 462 g/mol. The average molecular weight is 491 g/mol. The second-order valence-corrected chi connectivity index (χ2v) is 14.6. The summed E-state index contributed by atoms with van der Waals surface area (Å²) in [5.74, 6) is 0. The van der Waals surface area contributed by atoms with Crippen LogP contribution in [0, 0.1) is 0 Å². The van der Waals surface area contributed by atoms with Gasteiger partial charge >= 0.3 is 179 Å². The van der Waals surface area contributed by atoms with E-state index in [4.69, 9.17) is 16.6 Å². The van der Waals surface area contributed by atoms with Crippen molar-refractivity contribution in [3.8, 4) is 11.3 Å². The number of anilines is 1. The molecule has 0 unspecified atom stereocenters. The number of halogens is 2. The fraction of sp³-hybridized carbons (Fsp3) is 0.375. The molecule has 3 aromatic rings. The summed E-state index contributed by atoms with van der Waals surface area (Å²) in [5.41, 5.74) is 4.49. The fourth-order valence-electron chi connectivity index (χ4n) is 4.41. The summed E-state index contributed by atoms with van der Waals surface area (Å²) in [5, 5.41) is 4.85. The third-order valence-electron chi connectivity index (χ3n) is 5.95. The Kier molecular flexibility index (Phi) is 7.91. The van der Waals surface area contributed by atoms with Crippen molar-refractivity contribution in [2.75, 3.05) is 18.0 Å². The minimum absolute atomic E-state index is 0. The summed E-state index contributed by atoms with van der Waals surface area (Å²) in [6.45, 7) is 7.13. The van der Waals surface area contributed by atoms with Crippen LogP contribution in [-0.4, -0.2) is 32.7 Å². The molecule has 1 saturated heterocycles. The summed E-state index contributed by atoms with van der Waals surface area (Å²) in [6, 6.07) is 18.9. The van der Waals surface area contributed by atoms with Crippen LogP contribution in [0.4, 0.5) is 5.69 Å². The van der Waals surface area contributed by atoms with Crippen LogP contribution in [0.2, 0.25) is 20.1 Å². The van der Waals surface area contributed by atoms with E-state index in [1.165, 1.54) is 34.3 Å². The zero-order chi connectivity index (χ0) is 19.5. The molecular formula is C24H29AsCl2N2. The van der Waals surface area contributed by atoms with E-state index in [9.17, 15) is 0 Å². The predicted molar refractivity (Wildman–Crippen MR) is 131 cm³/mol. The number of nitrogens with zero attached hydrogens (tertiary/aromatic N) is 2. The Hall–Kier alpha value is -1.21. The van der Waals surface area contributed by atoms with Crippen molar-refractivity contribution in [3.05, 3.63) is 59.6 Å². The second kappa shape index (κ2) is 10.2. The third kappa shape index (κ3) is 4.93. The van der Waals surface area contributed by atoms with Gasteiger partial charge in [0.15, 0.2) is 0 Å². The molecule has 4 rings (SSSR count). The Balaban J connectivity index is 0.00000240. The first-order valence-corrected chi connectivity index (χ1v) is 14.5. The van der Waals surface area contributed by atoms with Crippen LogP contribution in [0.15, 0.2) is 54.6 Å². The van der Waals surface area contributed by atoms with Crippen LogP contribution in [0.1, 0.15) is 26.7 Å². The molecule has 0 atom stereocenters. The van der Waals surface area contributed by atoms with E-state index < -0.39 is 14.7 Å². The molecule has 2 aromatic carbocycles. The van der Waals surface area contributed by atoms with Gasteiger partial charge < -0.3 is 0 Å². The number of benzene rings is 2. The molecule has 2 heterocycles. The van der Waals surface area contributed by atoms with Crippen molar-refractivity contribution < 1.29 is 0 Å². The molecule has 0 amide bonds. The summed E-state index contributed by atoms with van der Waals surface area (Å²) < 4.78 is 1.01. The number of hydrogen-bond acceptors (Lipinski definition) is 2. The van der Waals surface area contributed by atoms with E-state index in [1.807, 2.05) is 12.1 Å². The molecule has 29 heavy (non-hydrogen) atoms. The predicted octanol–water partition coefficient (Wildman–Crippen LogP) is 7.48. The van der Waals surface area contributed by atoms with Crippen molar-refractivity contribution in [3.63, 3.8) is 0 Å². The zero-order valence-corrected chi connectivity index (χ0v) is 20.6. The van der Waals surface area contributed by atoms with Crippen LogP contribution in [0.3, 0.4) is 0 Å². The van der Waals surface area contributed by atoms with E-state index in [2.05, 4.69) is 61.2 Å². The summed E-state index contributed by atoms with van der Waals surface area (Å²) >= 11 is 5.65. The van der Waals surface area contributed by atoms with Gasteiger partial charge in [0.1, 0.15) is 0 Å². The molecule has 2 nitrogen and oxygen atoms in total. The summed E-state index contributed by atoms with van der Waals surface area (Å²) in [4.78, 5) is 7.51. The SMILES string of the molecule is CC[As](CC)C1CCN(c2cc(-c3ccccc3)nc3cc(Cl)ccc23)CC1.Cl. The Bertz CT molecular complexity index is 936. The van der Waals surface area contributed by atoms with Crippen molar-refractivity contribution >= 4 is 55.2 Å². The molecule has 1 aliphatic rings. The minimum atomic E-state index is -0.638. The van der Waals surface area contributed by atoms with Gasteiger partial charge in [-0.2, -0.15) is 0 Å². The first kappa shape index (κ1) is 22.5. The molecule has 1 fully saturated rings. The topological polar surface area (TPSA) is 16.1 Å². The fourth-order valence-corrected chi connectivity index (χ4v) is 9.70. The molecule has 154 valence electrons. The van der Waals surface area contributed by atoms with Crippen molar-refractivity contribution in [1.29, 1.82) is 0 Å². The molecule has 0 radical (unpaired) electrons. The Morgan fingerprint density at radius 2 is 1.69 bits per heavy atom. The minimum Gasteiger partial charge on any atom is -0.147 e. The van der Waals surface area contributed by atoms with Gasteiger partial charge in [0, 0.05) is 0 Å². The normalized spacial score (nSPS) is 15.0. The summed E-state index contributed by atoms with van der Waals surface area (Å²) in [6.07, 6.45) is 2.69. The van der Waals surface area contributed by atoms with E-state index in [0.29, 0.717) is 0 Å². The van der Waals surface area contributed by atoms with Gasteiger partial charge in [-0.05, 0) is 0 Å². The molecule has 1 aliphatic heterocycles. The Morgan fingerprint density at radius 3 is 2.34 bits per heavy atom. The quantitative estimate of drug-likeness (QED) is 0.344. The number of hydrogen-bond donors (Lipinski definition) is 0. The molecule has 1 aromatic heterocycles. The molecule has 0 saturated carbocycles. The van der Waals surface area contributed by atoms with Gasteiger partial charge in [-0.15, -0.1) is 12.4 Å². The Labute approximate surface area is 190 Å². The second-order valence-electron chi connectivity index (χ2n) is 7.49. The first-order chi connectivity index (χ1) is 13.7. The monoisotopic (exact) mass is 490 g/mol. The summed E-state index contributed by atoms with van der Waals surface area (Å²) in [7, 11) is 0. The Morgan fingerprint density at radius 1 is 1.00 bits per heavy atom. The van der Waals surface area contributed by atoms with Crippen LogP contribution < -0.4 is 4.90 Å². The van der Waals surface area contributed by atoms with Crippen LogP contribution >= 0.6 is 24.0 Å². The van der Waals surface area contributed by atoms with Gasteiger partial charge in [0.2, 0.25) is 0 Å². The van der Waals surface area contributed by atoms with Crippen LogP contribution in [0.25, 0.3) is 22.2 Å². The van der Waals surface area contributed by atoms with Gasteiger partial charge in [-0.25, -0.2) is 0 Å². The van der Waals surface area contributed by atoms with Crippen LogP contribution in [0.5, 0.6) is 0 Å². The standard InChI is InChI=1S/C24H28AsClN2.ClH/c1-3-25(4-2)19-12-14-28(15-13-19)24-17-22(18-8-6-5-7-9-18)27-23-16-20(26)10-11-21(23)24;/h5-11,16-17,19H,3-4,12-15H2,1-2H3;1H. The van der Waals surface area contributed by atoms with E-state index >= 15 is 0 Å². The van der Waals surface area contributed by atoms with Gasteiger partial charge in [-0.1, -0.05) is 0 Å². The van der Waals surface area contributed by atoms with Crippen LogP contribution in [-0.2, 0) is 0 Å². The van der Waals surface area contributed by atoms with Gasteiger partial charge in [0.05, 0.1) is 0 Å². The maximum Gasteiger partial charge on any atom is -0.147 e. The van der Waals surface area contributed by atoms with Crippen molar-refractivity contribution in [1.82, 2.24) is 4.98 Å². The third-order valence-corrected chi connectivity index (χ3v) is 12.8. The number of fused-ring (bicyclic) bond motifs is 1. The number of piperidine rings is 1. The number of aromatic nitrogens is 1. The molecule has 0 N–H and O–H groups in total.